The van der Waals surface area contributed by atoms with E-state index in [-0.39, 0.29) is 16.4 Å². The summed E-state index contributed by atoms with van der Waals surface area (Å²) in [4.78, 5) is 26.9. The van der Waals surface area contributed by atoms with E-state index in [0.29, 0.717) is 11.3 Å². The third-order valence-corrected chi connectivity index (χ3v) is 5.33. The summed E-state index contributed by atoms with van der Waals surface area (Å²) in [6.45, 7) is 2.06. The average molecular weight is 372 g/mol. The van der Waals surface area contributed by atoms with Gasteiger partial charge in [0.1, 0.15) is 17.7 Å². The Balaban J connectivity index is 1.84. The van der Waals surface area contributed by atoms with Gasteiger partial charge in [0.05, 0.1) is 4.92 Å². The van der Waals surface area contributed by atoms with E-state index in [9.17, 15) is 14.9 Å². The number of Topliss-reactive ketones (excluding diaryl/α,β-unsaturated/α-hetero) is 1. The number of nitro groups is 1. The molecule has 0 radical (unpaired) electrons. The maximum absolute atomic E-state index is 13.5. The summed E-state index contributed by atoms with van der Waals surface area (Å²) in [7, 11) is 0. The van der Waals surface area contributed by atoms with Gasteiger partial charge in [-0.15, -0.1) is 0 Å². The van der Waals surface area contributed by atoms with Gasteiger partial charge in [-0.3, -0.25) is 14.9 Å². The fourth-order valence-corrected chi connectivity index (χ4v) is 3.95. The number of aryl methyl sites for hydroxylation is 1. The molecule has 0 aromatic heterocycles. The molecule has 2 aliphatic rings. The highest BCUT2D eigenvalue weighted by atomic mass is 16.6. The first kappa shape index (κ1) is 17.9. The van der Waals surface area contributed by atoms with Crippen molar-refractivity contribution in [3.05, 3.63) is 117 Å². The van der Waals surface area contributed by atoms with E-state index in [1.165, 1.54) is 0 Å². The van der Waals surface area contributed by atoms with Gasteiger partial charge < -0.3 is 4.90 Å². The number of carbonyl (C=O) groups excluding carboxylic acids is 1. The van der Waals surface area contributed by atoms with Crippen molar-refractivity contribution >= 4 is 5.78 Å². The molecule has 4 rings (SSSR count). The minimum atomic E-state index is -0.688. The van der Waals surface area contributed by atoms with Crippen LogP contribution in [0.4, 0.5) is 0 Å². The van der Waals surface area contributed by atoms with Crippen LogP contribution in [0.25, 0.3) is 0 Å². The van der Waals surface area contributed by atoms with E-state index in [1.807, 2.05) is 54.6 Å². The Labute approximate surface area is 163 Å². The van der Waals surface area contributed by atoms with Gasteiger partial charge in [0.15, 0.2) is 5.78 Å². The van der Waals surface area contributed by atoms with Gasteiger partial charge in [-0.05, 0) is 29.7 Å². The van der Waals surface area contributed by atoms with Crippen LogP contribution in [0.15, 0.2) is 90.4 Å². The summed E-state index contributed by atoms with van der Waals surface area (Å²) in [5.74, 6) is -0.761. The van der Waals surface area contributed by atoms with Crippen molar-refractivity contribution in [1.29, 1.82) is 0 Å². The Morgan fingerprint density at radius 1 is 1.07 bits per heavy atom. The monoisotopic (exact) mass is 372 g/mol. The van der Waals surface area contributed by atoms with Crippen LogP contribution in [0.3, 0.4) is 0 Å². The largest absolute Gasteiger partial charge is 0.331 e. The Bertz CT molecular complexity index is 1000. The van der Waals surface area contributed by atoms with Crippen molar-refractivity contribution in [2.24, 2.45) is 0 Å². The van der Waals surface area contributed by atoms with Crippen molar-refractivity contribution in [3.8, 4) is 0 Å². The van der Waals surface area contributed by atoms with E-state index >= 15 is 0 Å². The maximum atomic E-state index is 13.5. The second-order valence-corrected chi connectivity index (χ2v) is 6.88. The van der Waals surface area contributed by atoms with Gasteiger partial charge in [-0.25, -0.2) is 0 Å². The third-order valence-electron chi connectivity index (χ3n) is 5.33. The molecular weight excluding hydrogens is 352 g/mol. The van der Waals surface area contributed by atoms with Crippen LogP contribution in [0.5, 0.6) is 0 Å². The van der Waals surface area contributed by atoms with Crippen LogP contribution in [-0.4, -0.2) is 21.6 Å². The number of nitrogens with zero attached hydrogens (tertiary/aromatic N) is 2. The van der Waals surface area contributed by atoms with Gasteiger partial charge >= 0.3 is 0 Å². The molecule has 0 fully saturated rings. The molecular formula is C23H20N2O3. The standard InChI is InChI=1S/C23H20N2O3/c1-2-16-11-13-18(14-12-16)23(26)22-20(17-8-4-3-5-9-17)21(25(27)28)19-10-6-7-15-24(19)22/h3-15,20,22H,2H2,1H3/t20-,22-/m0/s1. The third kappa shape index (κ3) is 2.95. The number of allylic oxidation sites excluding steroid dienone is 3. The second-order valence-electron chi connectivity index (χ2n) is 6.88. The molecule has 0 unspecified atom stereocenters. The number of carbonyl (C=O) groups is 1. The van der Waals surface area contributed by atoms with Crippen LogP contribution < -0.4 is 0 Å². The lowest BCUT2D eigenvalue weighted by molar-refractivity contribution is -0.429. The highest BCUT2D eigenvalue weighted by Crippen LogP contribution is 2.44. The SMILES string of the molecule is CCc1ccc(C(=O)[C@@H]2[C@@H](c3ccccc3)C([N+](=O)[O-])=C3C=CC=CN32)cc1. The minimum absolute atomic E-state index is 0.0651. The van der Waals surface area contributed by atoms with E-state index in [2.05, 4.69) is 6.92 Å². The first-order chi connectivity index (χ1) is 13.6. The van der Waals surface area contributed by atoms with Gasteiger partial charge in [-0.1, -0.05) is 67.6 Å². The average Bonchev–Trinajstić information content (AvgIpc) is 3.09. The molecule has 2 aromatic rings. The summed E-state index contributed by atoms with van der Waals surface area (Å²) in [6.07, 6.45) is 7.92. The normalized spacial score (nSPS) is 20.4. The fraction of sp³-hybridized carbons (Fsp3) is 0.174. The number of rotatable bonds is 5. The van der Waals surface area contributed by atoms with Crippen LogP contribution in [0.2, 0.25) is 0 Å². The van der Waals surface area contributed by atoms with E-state index in [1.54, 1.807) is 29.3 Å². The maximum Gasteiger partial charge on any atom is 0.279 e. The predicted octanol–water partition coefficient (Wildman–Crippen LogP) is 4.47. The van der Waals surface area contributed by atoms with Crippen molar-refractivity contribution < 1.29 is 9.72 Å². The molecule has 0 spiro atoms. The lowest BCUT2D eigenvalue weighted by Gasteiger charge is -2.27. The van der Waals surface area contributed by atoms with Crippen molar-refractivity contribution in [1.82, 2.24) is 4.90 Å². The minimum Gasteiger partial charge on any atom is -0.331 e. The quantitative estimate of drug-likeness (QED) is 0.441. The first-order valence-corrected chi connectivity index (χ1v) is 9.31. The van der Waals surface area contributed by atoms with Gasteiger partial charge in [-0.2, -0.15) is 0 Å². The Morgan fingerprint density at radius 2 is 1.79 bits per heavy atom. The summed E-state index contributed by atoms with van der Waals surface area (Å²) in [5, 5.41) is 12.0. The first-order valence-electron chi connectivity index (χ1n) is 9.31. The van der Waals surface area contributed by atoms with Crippen LogP contribution in [0.1, 0.15) is 34.3 Å². The molecule has 0 amide bonds. The molecule has 140 valence electrons. The second kappa shape index (κ2) is 7.27. The summed E-state index contributed by atoms with van der Waals surface area (Å²) in [6, 6.07) is 16.1. The fourth-order valence-electron chi connectivity index (χ4n) is 3.95. The topological polar surface area (TPSA) is 63.4 Å². The summed E-state index contributed by atoms with van der Waals surface area (Å²) >= 11 is 0. The van der Waals surface area contributed by atoms with Gasteiger partial charge in [0, 0.05) is 11.8 Å². The molecule has 28 heavy (non-hydrogen) atoms. The Kier molecular flexibility index (Phi) is 4.65. The summed E-state index contributed by atoms with van der Waals surface area (Å²) < 4.78 is 0. The molecule has 2 aromatic carbocycles. The number of fused-ring (bicyclic) bond motifs is 1. The molecule has 5 heteroatoms. The number of benzene rings is 2. The molecule has 0 saturated carbocycles. The molecule has 2 atom stereocenters. The molecule has 0 N–H and O–H groups in total. The van der Waals surface area contributed by atoms with Gasteiger partial charge in [0.2, 0.25) is 0 Å². The lowest BCUT2D eigenvalue weighted by atomic mass is 9.86. The zero-order chi connectivity index (χ0) is 19.7. The number of hydrogen-bond donors (Lipinski definition) is 0. The van der Waals surface area contributed by atoms with Crippen LogP contribution in [0, 0.1) is 10.1 Å². The molecule has 5 nitrogen and oxygen atoms in total. The number of ketones is 1. The highest BCUT2D eigenvalue weighted by molar-refractivity contribution is 6.02. The summed E-state index contributed by atoms with van der Waals surface area (Å²) in [5.41, 5.74) is 3.02. The van der Waals surface area contributed by atoms with Crippen LogP contribution >= 0.6 is 0 Å². The molecule has 2 heterocycles. The van der Waals surface area contributed by atoms with E-state index < -0.39 is 12.0 Å². The molecule has 0 saturated heterocycles. The zero-order valence-corrected chi connectivity index (χ0v) is 15.5. The van der Waals surface area contributed by atoms with E-state index in [0.717, 1.165) is 17.5 Å². The van der Waals surface area contributed by atoms with Crippen LogP contribution in [-0.2, 0) is 6.42 Å². The molecule has 0 aliphatic carbocycles. The predicted molar refractivity (Wildman–Crippen MR) is 107 cm³/mol. The van der Waals surface area contributed by atoms with Crippen molar-refractivity contribution in [2.45, 2.75) is 25.3 Å². The lowest BCUT2D eigenvalue weighted by Crippen LogP contribution is -2.37. The van der Waals surface area contributed by atoms with Gasteiger partial charge in [0.25, 0.3) is 5.70 Å². The Morgan fingerprint density at radius 3 is 2.43 bits per heavy atom. The Hall–Kier alpha value is -3.47. The van der Waals surface area contributed by atoms with E-state index in [4.69, 9.17) is 0 Å². The van der Waals surface area contributed by atoms with Crippen molar-refractivity contribution in [2.75, 3.05) is 0 Å². The smallest absolute Gasteiger partial charge is 0.279 e. The zero-order valence-electron chi connectivity index (χ0n) is 15.5. The van der Waals surface area contributed by atoms with Crippen molar-refractivity contribution in [3.63, 3.8) is 0 Å². The molecule has 2 aliphatic heterocycles. The number of hydrogen-bond acceptors (Lipinski definition) is 4. The highest BCUT2D eigenvalue weighted by Gasteiger charge is 2.50. The molecule has 0 bridgehead atoms.